The van der Waals surface area contributed by atoms with Crippen LogP contribution in [0.3, 0.4) is 0 Å². The van der Waals surface area contributed by atoms with E-state index in [4.69, 9.17) is 10.6 Å². The van der Waals surface area contributed by atoms with Crippen molar-refractivity contribution in [2.24, 2.45) is 5.11 Å². The van der Waals surface area contributed by atoms with Crippen LogP contribution in [-0.4, -0.2) is 11.1 Å². The van der Waals surface area contributed by atoms with Gasteiger partial charge in [-0.1, -0.05) is 45.3 Å². The van der Waals surface area contributed by atoms with Crippen LogP contribution >= 0.6 is 15.9 Å². The summed E-state index contributed by atoms with van der Waals surface area (Å²) in [4.78, 5) is 12.5. The number of aliphatic carboxylic acids is 1. The second kappa shape index (κ2) is 4.64. The lowest BCUT2D eigenvalue weighted by molar-refractivity contribution is -0.136. The lowest BCUT2D eigenvalue weighted by atomic mass is 10.1. The lowest BCUT2D eigenvalue weighted by Crippen LogP contribution is -2.03. The van der Waals surface area contributed by atoms with Gasteiger partial charge in [0.05, 0.1) is 0 Å². The number of hydrogen-bond donors (Lipinski definition) is 1. The lowest BCUT2D eigenvalue weighted by Gasteiger charge is -2.03. The highest BCUT2D eigenvalue weighted by molar-refractivity contribution is 9.09. The Morgan fingerprint density at radius 1 is 1.50 bits per heavy atom. The number of alkyl halides is 1. The smallest absolute Gasteiger partial charge is 0.321 e. The Morgan fingerprint density at radius 2 is 2.07 bits per heavy atom. The number of nitrogens with zero attached hydrogens (tertiary/aromatic N) is 3. The summed E-state index contributed by atoms with van der Waals surface area (Å²) in [6.07, 6.45) is 0. The van der Waals surface area contributed by atoms with E-state index in [1.54, 1.807) is 24.3 Å². The molecule has 0 fully saturated rings. The molecule has 72 valence electrons. The SMILES string of the molecule is [N-]=[N+]=Nc1ccc(C(Br)C(=O)O)cc1. The molecule has 1 aromatic carbocycles. The van der Waals surface area contributed by atoms with Gasteiger partial charge in [-0.15, -0.1) is 0 Å². The van der Waals surface area contributed by atoms with E-state index in [1.165, 1.54) is 0 Å². The molecule has 0 aliphatic heterocycles. The Balaban J connectivity index is 2.93. The molecule has 0 heterocycles. The van der Waals surface area contributed by atoms with Gasteiger partial charge in [0.1, 0.15) is 4.83 Å². The molecule has 0 spiro atoms. The van der Waals surface area contributed by atoms with Crippen molar-refractivity contribution in [1.29, 1.82) is 0 Å². The first kappa shape index (κ1) is 10.6. The average molecular weight is 256 g/mol. The largest absolute Gasteiger partial charge is 0.480 e. The number of carbonyl (C=O) groups is 1. The topological polar surface area (TPSA) is 86.1 Å². The maximum Gasteiger partial charge on any atom is 0.321 e. The van der Waals surface area contributed by atoms with Crippen LogP contribution < -0.4 is 0 Å². The Bertz CT molecular complexity index is 384. The number of hydrogen-bond acceptors (Lipinski definition) is 2. The molecule has 6 heteroatoms. The van der Waals surface area contributed by atoms with Gasteiger partial charge in [-0.25, -0.2) is 0 Å². The van der Waals surface area contributed by atoms with Gasteiger partial charge < -0.3 is 5.11 Å². The summed E-state index contributed by atoms with van der Waals surface area (Å²) >= 11 is 3.01. The molecule has 0 aliphatic rings. The molecule has 0 aliphatic carbocycles. The summed E-state index contributed by atoms with van der Waals surface area (Å²) < 4.78 is 0. The molecule has 5 nitrogen and oxygen atoms in total. The summed E-state index contributed by atoms with van der Waals surface area (Å²) in [6, 6.07) is 6.31. The number of benzene rings is 1. The average Bonchev–Trinajstić information content (AvgIpc) is 2.18. The Kier molecular flexibility index (Phi) is 3.50. The molecule has 1 unspecified atom stereocenters. The van der Waals surface area contributed by atoms with Crippen LogP contribution in [0.5, 0.6) is 0 Å². The Hall–Kier alpha value is -1.52. The fourth-order valence-electron chi connectivity index (χ4n) is 0.904. The van der Waals surface area contributed by atoms with Gasteiger partial charge in [-0.05, 0) is 11.1 Å². The van der Waals surface area contributed by atoms with E-state index in [9.17, 15) is 4.79 Å². The Labute approximate surface area is 88.1 Å². The van der Waals surface area contributed by atoms with Gasteiger partial charge in [-0.2, -0.15) is 0 Å². The van der Waals surface area contributed by atoms with E-state index in [2.05, 4.69) is 26.0 Å². The number of rotatable bonds is 3. The fraction of sp³-hybridized carbons (Fsp3) is 0.125. The van der Waals surface area contributed by atoms with Crippen molar-refractivity contribution in [2.75, 3.05) is 0 Å². The maximum atomic E-state index is 10.6. The number of azide groups is 1. The van der Waals surface area contributed by atoms with Crippen LogP contribution in [-0.2, 0) is 4.79 Å². The van der Waals surface area contributed by atoms with Gasteiger partial charge >= 0.3 is 5.97 Å². The maximum absolute atomic E-state index is 10.6. The van der Waals surface area contributed by atoms with E-state index in [0.29, 0.717) is 11.3 Å². The first-order chi connectivity index (χ1) is 6.65. The van der Waals surface area contributed by atoms with E-state index >= 15 is 0 Å². The van der Waals surface area contributed by atoms with Crippen molar-refractivity contribution in [2.45, 2.75) is 4.83 Å². The third-order valence-electron chi connectivity index (χ3n) is 1.56. The zero-order valence-electron chi connectivity index (χ0n) is 6.96. The van der Waals surface area contributed by atoms with E-state index < -0.39 is 10.8 Å². The van der Waals surface area contributed by atoms with E-state index in [1.807, 2.05) is 0 Å². The molecule has 1 atom stereocenters. The van der Waals surface area contributed by atoms with Crippen LogP contribution in [0.1, 0.15) is 10.4 Å². The summed E-state index contributed by atoms with van der Waals surface area (Å²) in [6.45, 7) is 0. The number of carboxylic acids is 1. The first-order valence-corrected chi connectivity index (χ1v) is 4.58. The highest BCUT2D eigenvalue weighted by Crippen LogP contribution is 2.24. The highest BCUT2D eigenvalue weighted by atomic mass is 79.9. The molecule has 1 aromatic rings. The van der Waals surface area contributed by atoms with Crippen LogP contribution in [0.4, 0.5) is 5.69 Å². The second-order valence-corrected chi connectivity index (χ2v) is 3.40. The quantitative estimate of drug-likeness (QED) is 0.389. The van der Waals surface area contributed by atoms with Crippen molar-refractivity contribution in [3.05, 3.63) is 40.3 Å². The number of carboxylic acid groups (broad SMARTS) is 1. The monoisotopic (exact) mass is 255 g/mol. The third kappa shape index (κ3) is 2.48. The normalized spacial score (nSPS) is 11.5. The van der Waals surface area contributed by atoms with Gasteiger partial charge in [0, 0.05) is 10.6 Å². The van der Waals surface area contributed by atoms with Gasteiger partial charge in [0.25, 0.3) is 0 Å². The molecule has 0 radical (unpaired) electrons. The third-order valence-corrected chi connectivity index (χ3v) is 2.48. The summed E-state index contributed by atoms with van der Waals surface area (Å²) in [7, 11) is 0. The standard InChI is InChI=1S/C8H6BrN3O2/c9-7(8(13)14)5-1-3-6(4-2-5)11-12-10/h1-4,7H,(H,13,14). The summed E-state index contributed by atoms with van der Waals surface area (Å²) in [5.41, 5.74) is 9.21. The minimum atomic E-state index is -0.957. The molecule has 0 aromatic heterocycles. The van der Waals surface area contributed by atoms with E-state index in [0.717, 1.165) is 0 Å². The summed E-state index contributed by atoms with van der Waals surface area (Å²) in [5, 5.41) is 12.0. The van der Waals surface area contributed by atoms with Crippen molar-refractivity contribution < 1.29 is 9.90 Å². The molecule has 0 bridgehead atoms. The fourth-order valence-corrected chi connectivity index (χ4v) is 1.21. The molecule has 0 saturated carbocycles. The van der Waals surface area contributed by atoms with E-state index in [-0.39, 0.29) is 0 Å². The van der Waals surface area contributed by atoms with Crippen LogP contribution in [0.15, 0.2) is 29.4 Å². The van der Waals surface area contributed by atoms with Gasteiger partial charge in [-0.3, -0.25) is 4.79 Å². The van der Waals surface area contributed by atoms with Crippen molar-refractivity contribution in [1.82, 2.24) is 0 Å². The van der Waals surface area contributed by atoms with Crippen molar-refractivity contribution >= 4 is 27.6 Å². The predicted molar refractivity (Wildman–Crippen MR) is 54.6 cm³/mol. The van der Waals surface area contributed by atoms with Gasteiger partial charge in [0.2, 0.25) is 0 Å². The molecule has 1 rings (SSSR count). The zero-order valence-corrected chi connectivity index (χ0v) is 8.55. The molecule has 1 N–H and O–H groups in total. The highest BCUT2D eigenvalue weighted by Gasteiger charge is 2.14. The molecule has 0 saturated heterocycles. The molecule has 0 amide bonds. The Morgan fingerprint density at radius 3 is 2.50 bits per heavy atom. The minimum Gasteiger partial charge on any atom is -0.480 e. The van der Waals surface area contributed by atoms with Gasteiger partial charge in [0.15, 0.2) is 0 Å². The van der Waals surface area contributed by atoms with Crippen LogP contribution in [0.25, 0.3) is 10.4 Å². The van der Waals surface area contributed by atoms with Crippen molar-refractivity contribution in [3.8, 4) is 0 Å². The second-order valence-electron chi connectivity index (χ2n) is 2.48. The van der Waals surface area contributed by atoms with Crippen LogP contribution in [0.2, 0.25) is 0 Å². The summed E-state index contributed by atoms with van der Waals surface area (Å²) in [5.74, 6) is -0.957. The number of halogens is 1. The molecule has 14 heavy (non-hydrogen) atoms. The zero-order chi connectivity index (χ0) is 10.6. The van der Waals surface area contributed by atoms with Crippen molar-refractivity contribution in [3.63, 3.8) is 0 Å². The molecular weight excluding hydrogens is 250 g/mol. The predicted octanol–water partition coefficient (Wildman–Crippen LogP) is 3.15. The first-order valence-electron chi connectivity index (χ1n) is 3.67. The molecular formula is C8H6BrN3O2. The van der Waals surface area contributed by atoms with Crippen LogP contribution in [0, 0.1) is 0 Å². The minimum absolute atomic E-state index is 0.460.